The summed E-state index contributed by atoms with van der Waals surface area (Å²) in [5.41, 5.74) is 0. The number of nitrogens with one attached hydrogen (secondary N) is 1. The molecule has 0 bridgehead atoms. The van der Waals surface area contributed by atoms with E-state index in [0.29, 0.717) is 18.0 Å². The molecule has 2 rings (SSSR count). The highest BCUT2D eigenvalue weighted by Crippen LogP contribution is 2.28. The largest absolute Gasteiger partial charge is 0.343 e. The second kappa shape index (κ2) is 3.89. The van der Waals surface area contributed by atoms with Crippen molar-refractivity contribution in [2.45, 2.75) is 44.7 Å². The van der Waals surface area contributed by atoms with E-state index in [-0.39, 0.29) is 5.92 Å². The van der Waals surface area contributed by atoms with Gasteiger partial charge < -0.3 is 10.2 Å². The van der Waals surface area contributed by atoms with Gasteiger partial charge in [-0.2, -0.15) is 0 Å². The third-order valence-electron chi connectivity index (χ3n) is 3.42. The summed E-state index contributed by atoms with van der Waals surface area (Å²) in [6, 6.07) is 1.07. The summed E-state index contributed by atoms with van der Waals surface area (Å²) < 4.78 is 0. The second-order valence-electron chi connectivity index (χ2n) is 4.76. The standard InChI is InChI=1S/C11H20N2O/c1-8-7-9(5-6-12-8)11(14)13(2)10-3-4-10/h8-10,12H,3-7H2,1-2H3. The molecule has 1 amide bonds. The molecule has 0 radical (unpaired) electrons. The van der Waals surface area contributed by atoms with Crippen molar-refractivity contribution >= 4 is 5.91 Å². The molecule has 0 aromatic carbocycles. The van der Waals surface area contributed by atoms with Gasteiger partial charge in [0.2, 0.25) is 5.91 Å². The number of hydrogen-bond acceptors (Lipinski definition) is 2. The van der Waals surface area contributed by atoms with Crippen LogP contribution in [0.15, 0.2) is 0 Å². The van der Waals surface area contributed by atoms with Crippen LogP contribution in [-0.2, 0) is 4.79 Å². The zero-order valence-electron chi connectivity index (χ0n) is 9.12. The molecule has 0 aromatic heterocycles. The van der Waals surface area contributed by atoms with E-state index < -0.39 is 0 Å². The van der Waals surface area contributed by atoms with E-state index in [2.05, 4.69) is 12.2 Å². The maximum absolute atomic E-state index is 12.0. The van der Waals surface area contributed by atoms with Crippen LogP contribution in [0.2, 0.25) is 0 Å². The van der Waals surface area contributed by atoms with Gasteiger partial charge in [-0.3, -0.25) is 4.79 Å². The lowest BCUT2D eigenvalue weighted by molar-refractivity contribution is -0.135. The Kier molecular flexibility index (Phi) is 2.77. The Morgan fingerprint density at radius 1 is 1.36 bits per heavy atom. The first-order chi connectivity index (χ1) is 6.68. The number of amides is 1. The molecule has 0 aromatic rings. The van der Waals surface area contributed by atoms with Crippen LogP contribution >= 0.6 is 0 Å². The maximum atomic E-state index is 12.0. The molecule has 1 saturated heterocycles. The van der Waals surface area contributed by atoms with E-state index in [4.69, 9.17) is 0 Å². The lowest BCUT2D eigenvalue weighted by Gasteiger charge is -2.30. The van der Waals surface area contributed by atoms with Crippen molar-refractivity contribution in [1.29, 1.82) is 0 Å². The summed E-state index contributed by atoms with van der Waals surface area (Å²) in [7, 11) is 1.96. The number of piperidine rings is 1. The molecule has 1 aliphatic heterocycles. The predicted octanol–water partition coefficient (Wildman–Crippen LogP) is 0.995. The van der Waals surface area contributed by atoms with Crippen molar-refractivity contribution in [2.24, 2.45) is 5.92 Å². The fourth-order valence-electron chi connectivity index (χ4n) is 2.29. The molecular weight excluding hydrogens is 176 g/mol. The van der Waals surface area contributed by atoms with Gasteiger partial charge in [0, 0.05) is 25.0 Å². The van der Waals surface area contributed by atoms with Gasteiger partial charge >= 0.3 is 0 Å². The molecular formula is C11H20N2O. The third kappa shape index (κ3) is 2.08. The van der Waals surface area contributed by atoms with E-state index >= 15 is 0 Å². The molecule has 1 saturated carbocycles. The summed E-state index contributed by atoms with van der Waals surface area (Å²) in [4.78, 5) is 14.0. The number of hydrogen-bond donors (Lipinski definition) is 1. The van der Waals surface area contributed by atoms with Crippen molar-refractivity contribution in [1.82, 2.24) is 10.2 Å². The fraction of sp³-hybridized carbons (Fsp3) is 0.909. The molecule has 1 N–H and O–H groups in total. The van der Waals surface area contributed by atoms with Gasteiger partial charge in [0.05, 0.1) is 0 Å². The van der Waals surface area contributed by atoms with Crippen molar-refractivity contribution in [3.05, 3.63) is 0 Å². The number of rotatable bonds is 2. The zero-order chi connectivity index (χ0) is 10.1. The van der Waals surface area contributed by atoms with Crippen LogP contribution in [-0.4, -0.2) is 36.5 Å². The Morgan fingerprint density at radius 3 is 2.64 bits per heavy atom. The summed E-state index contributed by atoms with van der Waals surface area (Å²) in [6.45, 7) is 3.16. The number of carbonyl (C=O) groups is 1. The van der Waals surface area contributed by atoms with Crippen LogP contribution < -0.4 is 5.32 Å². The van der Waals surface area contributed by atoms with Crippen molar-refractivity contribution in [2.75, 3.05) is 13.6 Å². The molecule has 2 aliphatic rings. The zero-order valence-corrected chi connectivity index (χ0v) is 9.12. The van der Waals surface area contributed by atoms with E-state index in [9.17, 15) is 4.79 Å². The Hall–Kier alpha value is -0.570. The first-order valence-corrected chi connectivity index (χ1v) is 5.68. The number of nitrogens with zero attached hydrogens (tertiary/aromatic N) is 1. The normalized spacial score (nSPS) is 32.7. The van der Waals surface area contributed by atoms with Crippen LogP contribution in [0, 0.1) is 5.92 Å². The Balaban J connectivity index is 1.89. The van der Waals surface area contributed by atoms with E-state index in [1.807, 2.05) is 11.9 Å². The van der Waals surface area contributed by atoms with Crippen LogP contribution in [0.4, 0.5) is 0 Å². The van der Waals surface area contributed by atoms with Crippen LogP contribution in [0.1, 0.15) is 32.6 Å². The lowest BCUT2D eigenvalue weighted by Crippen LogP contribution is -2.43. The molecule has 2 unspecified atom stereocenters. The van der Waals surface area contributed by atoms with Gasteiger partial charge in [-0.1, -0.05) is 0 Å². The second-order valence-corrected chi connectivity index (χ2v) is 4.76. The first-order valence-electron chi connectivity index (χ1n) is 5.68. The molecule has 3 heteroatoms. The molecule has 2 atom stereocenters. The monoisotopic (exact) mass is 196 g/mol. The van der Waals surface area contributed by atoms with E-state index in [1.54, 1.807) is 0 Å². The van der Waals surface area contributed by atoms with E-state index in [1.165, 1.54) is 12.8 Å². The third-order valence-corrected chi connectivity index (χ3v) is 3.42. The molecule has 80 valence electrons. The fourth-order valence-corrected chi connectivity index (χ4v) is 2.29. The molecule has 0 spiro atoms. The first kappa shape index (κ1) is 9.97. The average molecular weight is 196 g/mol. The van der Waals surface area contributed by atoms with Crippen molar-refractivity contribution in [3.63, 3.8) is 0 Å². The number of carbonyl (C=O) groups excluding carboxylic acids is 1. The summed E-state index contributed by atoms with van der Waals surface area (Å²) in [5.74, 6) is 0.651. The Morgan fingerprint density at radius 2 is 2.07 bits per heavy atom. The summed E-state index contributed by atoms with van der Waals surface area (Å²) in [6.07, 6.45) is 4.45. The maximum Gasteiger partial charge on any atom is 0.225 e. The van der Waals surface area contributed by atoms with Gasteiger partial charge in [0.1, 0.15) is 0 Å². The highest BCUT2D eigenvalue weighted by molar-refractivity contribution is 5.79. The van der Waals surface area contributed by atoms with Crippen molar-refractivity contribution < 1.29 is 4.79 Å². The SMILES string of the molecule is CC1CC(C(=O)N(C)C2CC2)CCN1. The molecule has 14 heavy (non-hydrogen) atoms. The minimum absolute atomic E-state index is 0.275. The average Bonchev–Trinajstić information content (AvgIpc) is 2.99. The topological polar surface area (TPSA) is 32.3 Å². The van der Waals surface area contributed by atoms with Crippen molar-refractivity contribution in [3.8, 4) is 0 Å². The van der Waals surface area contributed by atoms with Crippen LogP contribution in [0.25, 0.3) is 0 Å². The molecule has 2 fully saturated rings. The summed E-state index contributed by atoms with van der Waals surface area (Å²) in [5, 5.41) is 3.38. The lowest BCUT2D eigenvalue weighted by atomic mass is 9.92. The van der Waals surface area contributed by atoms with Gasteiger partial charge in [-0.25, -0.2) is 0 Å². The minimum atomic E-state index is 0.275. The van der Waals surface area contributed by atoms with Crippen LogP contribution in [0.5, 0.6) is 0 Å². The Labute approximate surface area is 85.8 Å². The quantitative estimate of drug-likeness (QED) is 0.714. The van der Waals surface area contributed by atoms with Gasteiger partial charge in [-0.05, 0) is 39.2 Å². The van der Waals surface area contributed by atoms with Gasteiger partial charge in [0.25, 0.3) is 0 Å². The van der Waals surface area contributed by atoms with Gasteiger partial charge in [-0.15, -0.1) is 0 Å². The Bertz CT molecular complexity index is 225. The highest BCUT2D eigenvalue weighted by atomic mass is 16.2. The molecule has 1 heterocycles. The van der Waals surface area contributed by atoms with Gasteiger partial charge in [0.15, 0.2) is 0 Å². The minimum Gasteiger partial charge on any atom is -0.343 e. The highest BCUT2D eigenvalue weighted by Gasteiger charge is 2.34. The smallest absolute Gasteiger partial charge is 0.225 e. The van der Waals surface area contributed by atoms with E-state index in [0.717, 1.165) is 19.4 Å². The van der Waals surface area contributed by atoms with Crippen LogP contribution in [0.3, 0.4) is 0 Å². The summed E-state index contributed by atoms with van der Waals surface area (Å²) >= 11 is 0. The molecule has 1 aliphatic carbocycles. The molecule has 3 nitrogen and oxygen atoms in total. The predicted molar refractivity (Wildman–Crippen MR) is 56.0 cm³/mol.